The minimum Gasteiger partial charge on any atom is -0.505 e. The largest absolute Gasteiger partial charge is 0.505 e. The molecule has 0 heterocycles. The van der Waals surface area contributed by atoms with Gasteiger partial charge in [0, 0.05) is 6.04 Å². The first kappa shape index (κ1) is 8.87. The van der Waals surface area contributed by atoms with Crippen molar-refractivity contribution in [2.45, 2.75) is 18.9 Å². The van der Waals surface area contributed by atoms with Crippen LogP contribution < -0.4 is 11.1 Å². The third-order valence-electron chi connectivity index (χ3n) is 2.22. The van der Waals surface area contributed by atoms with Crippen molar-refractivity contribution in [2.24, 2.45) is 0 Å². The zero-order valence-electron chi connectivity index (χ0n) is 7.66. The van der Waals surface area contributed by atoms with Gasteiger partial charge in [-0.3, -0.25) is 4.79 Å². The molecule has 0 radical (unpaired) electrons. The van der Waals surface area contributed by atoms with Crippen LogP contribution in [0.5, 0.6) is 5.75 Å². The summed E-state index contributed by atoms with van der Waals surface area (Å²) in [5.74, 6) is -0.386. The van der Waals surface area contributed by atoms with Crippen LogP contribution in [0.1, 0.15) is 23.2 Å². The molecule has 1 aliphatic rings. The molecule has 4 N–H and O–H groups in total. The van der Waals surface area contributed by atoms with Crippen molar-refractivity contribution in [2.75, 3.05) is 5.73 Å². The molecule has 0 atom stereocenters. The molecular weight excluding hydrogens is 180 g/mol. The van der Waals surface area contributed by atoms with Gasteiger partial charge in [0.2, 0.25) is 0 Å². The van der Waals surface area contributed by atoms with Crippen LogP contribution in [0.15, 0.2) is 18.2 Å². The van der Waals surface area contributed by atoms with Crippen LogP contribution in [-0.4, -0.2) is 17.1 Å². The first-order valence-corrected chi connectivity index (χ1v) is 4.57. The highest BCUT2D eigenvalue weighted by molar-refractivity contribution is 5.98. The van der Waals surface area contributed by atoms with Crippen molar-refractivity contribution in [3.63, 3.8) is 0 Å². The number of anilines is 1. The van der Waals surface area contributed by atoms with E-state index in [2.05, 4.69) is 5.32 Å². The fourth-order valence-electron chi connectivity index (χ4n) is 1.24. The summed E-state index contributed by atoms with van der Waals surface area (Å²) in [7, 11) is 0. The predicted octanol–water partition coefficient (Wildman–Crippen LogP) is 0.867. The highest BCUT2D eigenvalue weighted by atomic mass is 16.3. The summed E-state index contributed by atoms with van der Waals surface area (Å²) in [6.45, 7) is 0. The van der Waals surface area contributed by atoms with Gasteiger partial charge in [-0.05, 0) is 25.0 Å². The van der Waals surface area contributed by atoms with Crippen molar-refractivity contribution in [3.05, 3.63) is 23.8 Å². The lowest BCUT2D eigenvalue weighted by Crippen LogP contribution is -2.25. The predicted molar refractivity (Wildman–Crippen MR) is 53.0 cm³/mol. The zero-order chi connectivity index (χ0) is 10.1. The van der Waals surface area contributed by atoms with E-state index in [1.54, 1.807) is 18.2 Å². The van der Waals surface area contributed by atoms with E-state index < -0.39 is 0 Å². The van der Waals surface area contributed by atoms with Gasteiger partial charge in [0.1, 0.15) is 0 Å². The van der Waals surface area contributed by atoms with Crippen LogP contribution in [0, 0.1) is 0 Å². The van der Waals surface area contributed by atoms with E-state index in [0.29, 0.717) is 0 Å². The number of nitrogens with two attached hydrogens (primary N) is 1. The average molecular weight is 192 g/mol. The van der Waals surface area contributed by atoms with E-state index in [-0.39, 0.29) is 28.9 Å². The van der Waals surface area contributed by atoms with Crippen LogP contribution in [-0.2, 0) is 0 Å². The minimum absolute atomic E-state index is 0.134. The molecule has 0 aliphatic heterocycles. The van der Waals surface area contributed by atoms with Gasteiger partial charge in [0.05, 0.1) is 11.3 Å². The molecule has 1 saturated carbocycles. The number of para-hydroxylation sites is 1. The second kappa shape index (κ2) is 3.21. The second-order valence-corrected chi connectivity index (χ2v) is 3.49. The molecule has 0 bridgehead atoms. The fraction of sp³-hybridized carbons (Fsp3) is 0.300. The number of phenolic OH excluding ortho intramolecular Hbond substituents is 1. The van der Waals surface area contributed by atoms with E-state index in [1.807, 2.05) is 0 Å². The Kier molecular flexibility index (Phi) is 2.04. The van der Waals surface area contributed by atoms with Gasteiger partial charge < -0.3 is 16.2 Å². The number of nitrogen functional groups attached to an aromatic ring is 1. The molecule has 0 saturated heterocycles. The number of aromatic hydroxyl groups is 1. The first-order valence-electron chi connectivity index (χ1n) is 4.57. The number of amides is 1. The molecule has 1 aromatic carbocycles. The Morgan fingerprint density at radius 1 is 1.50 bits per heavy atom. The quantitative estimate of drug-likeness (QED) is 0.480. The summed E-state index contributed by atoms with van der Waals surface area (Å²) in [6.07, 6.45) is 2.05. The van der Waals surface area contributed by atoms with Gasteiger partial charge in [-0.25, -0.2) is 0 Å². The molecule has 4 heteroatoms. The summed E-state index contributed by atoms with van der Waals surface area (Å²) >= 11 is 0. The van der Waals surface area contributed by atoms with E-state index in [0.717, 1.165) is 12.8 Å². The molecule has 1 amide bonds. The monoisotopic (exact) mass is 192 g/mol. The summed E-state index contributed by atoms with van der Waals surface area (Å²) in [5.41, 5.74) is 5.95. The normalized spacial score (nSPS) is 15.1. The van der Waals surface area contributed by atoms with E-state index in [4.69, 9.17) is 5.73 Å². The van der Waals surface area contributed by atoms with E-state index >= 15 is 0 Å². The Hall–Kier alpha value is -1.71. The van der Waals surface area contributed by atoms with Gasteiger partial charge in [-0.15, -0.1) is 0 Å². The van der Waals surface area contributed by atoms with E-state index in [1.165, 1.54) is 0 Å². The zero-order valence-corrected chi connectivity index (χ0v) is 7.66. The van der Waals surface area contributed by atoms with Gasteiger partial charge in [0.25, 0.3) is 5.91 Å². The maximum atomic E-state index is 11.5. The number of nitrogens with one attached hydrogen (secondary N) is 1. The molecule has 0 spiro atoms. The smallest absolute Gasteiger partial charge is 0.255 e. The first-order chi connectivity index (χ1) is 6.68. The lowest BCUT2D eigenvalue weighted by atomic mass is 10.1. The topological polar surface area (TPSA) is 75.4 Å². The standard InChI is InChI=1S/C10H12N2O2/c11-8-3-1-2-7(9(8)13)10(14)12-6-4-5-6/h1-3,6,13H,4-5,11H2,(H,12,14). The Morgan fingerprint density at radius 3 is 2.86 bits per heavy atom. The van der Waals surface area contributed by atoms with Crippen LogP contribution in [0.4, 0.5) is 5.69 Å². The molecular formula is C10H12N2O2. The molecule has 0 aromatic heterocycles. The van der Waals surface area contributed by atoms with Crippen LogP contribution >= 0.6 is 0 Å². The lowest BCUT2D eigenvalue weighted by molar-refractivity contribution is 0.0948. The molecule has 14 heavy (non-hydrogen) atoms. The molecule has 1 aromatic rings. The summed E-state index contributed by atoms with van der Waals surface area (Å²) in [4.78, 5) is 11.5. The maximum Gasteiger partial charge on any atom is 0.255 e. The number of benzene rings is 1. The molecule has 74 valence electrons. The van der Waals surface area contributed by atoms with Crippen LogP contribution in [0.2, 0.25) is 0 Å². The van der Waals surface area contributed by atoms with Gasteiger partial charge in [-0.1, -0.05) is 6.07 Å². The minimum atomic E-state index is -0.252. The number of hydrogen-bond acceptors (Lipinski definition) is 3. The SMILES string of the molecule is Nc1cccc(C(=O)NC2CC2)c1O. The third kappa shape index (κ3) is 1.64. The molecule has 1 fully saturated rings. The fourth-order valence-corrected chi connectivity index (χ4v) is 1.24. The highest BCUT2D eigenvalue weighted by Gasteiger charge is 2.25. The summed E-state index contributed by atoms with van der Waals surface area (Å²) < 4.78 is 0. The van der Waals surface area contributed by atoms with Crippen molar-refractivity contribution in [1.82, 2.24) is 5.32 Å². The van der Waals surface area contributed by atoms with Gasteiger partial charge in [0.15, 0.2) is 5.75 Å². The van der Waals surface area contributed by atoms with Crippen LogP contribution in [0.3, 0.4) is 0 Å². The number of carbonyl (C=O) groups is 1. The Bertz CT molecular complexity index is 372. The lowest BCUT2D eigenvalue weighted by Gasteiger charge is -2.06. The highest BCUT2D eigenvalue weighted by Crippen LogP contribution is 2.26. The molecule has 2 rings (SSSR count). The molecule has 1 aliphatic carbocycles. The number of rotatable bonds is 2. The van der Waals surface area contributed by atoms with Gasteiger partial charge in [-0.2, -0.15) is 0 Å². The second-order valence-electron chi connectivity index (χ2n) is 3.49. The number of carbonyl (C=O) groups excluding carboxylic acids is 1. The molecule has 0 unspecified atom stereocenters. The van der Waals surface area contributed by atoms with Crippen LogP contribution in [0.25, 0.3) is 0 Å². The summed E-state index contributed by atoms with van der Waals surface area (Å²) in [6, 6.07) is 5.05. The van der Waals surface area contributed by atoms with Crippen molar-refractivity contribution in [3.8, 4) is 5.75 Å². The average Bonchev–Trinajstić information content (AvgIpc) is 2.93. The Balaban J connectivity index is 2.21. The Labute approximate surface area is 81.7 Å². The van der Waals surface area contributed by atoms with E-state index in [9.17, 15) is 9.90 Å². The third-order valence-corrected chi connectivity index (χ3v) is 2.22. The number of phenols is 1. The maximum absolute atomic E-state index is 11.5. The van der Waals surface area contributed by atoms with Crippen molar-refractivity contribution in [1.29, 1.82) is 0 Å². The van der Waals surface area contributed by atoms with Crippen molar-refractivity contribution < 1.29 is 9.90 Å². The van der Waals surface area contributed by atoms with Gasteiger partial charge >= 0.3 is 0 Å². The molecule has 4 nitrogen and oxygen atoms in total. The Morgan fingerprint density at radius 2 is 2.21 bits per heavy atom. The number of hydrogen-bond donors (Lipinski definition) is 3. The van der Waals surface area contributed by atoms with Crippen molar-refractivity contribution >= 4 is 11.6 Å². The summed E-state index contributed by atoms with van der Waals surface area (Å²) in [5, 5.41) is 12.3.